The number of benzene rings is 1. The maximum atomic E-state index is 6.29. The molecule has 0 saturated heterocycles. The van der Waals surface area contributed by atoms with Crippen LogP contribution < -0.4 is 5.32 Å². The van der Waals surface area contributed by atoms with Gasteiger partial charge in [-0.15, -0.1) is 0 Å². The molecule has 2 rings (SSSR count). The third-order valence-corrected chi connectivity index (χ3v) is 4.65. The topological polar surface area (TPSA) is 21.3 Å². The highest BCUT2D eigenvalue weighted by atomic mass is 35.5. The summed E-state index contributed by atoms with van der Waals surface area (Å²) in [4.78, 5) is 0. The van der Waals surface area contributed by atoms with Crippen LogP contribution in [-0.2, 0) is 4.74 Å². The summed E-state index contributed by atoms with van der Waals surface area (Å²) in [6.07, 6.45) is 7.43. The van der Waals surface area contributed by atoms with E-state index in [1.807, 2.05) is 19.2 Å². The van der Waals surface area contributed by atoms with Crippen LogP contribution in [0.15, 0.2) is 24.3 Å². The van der Waals surface area contributed by atoms with Crippen molar-refractivity contribution in [2.75, 3.05) is 13.7 Å². The molecule has 1 unspecified atom stereocenters. The van der Waals surface area contributed by atoms with Gasteiger partial charge in [0.2, 0.25) is 0 Å². The van der Waals surface area contributed by atoms with Crippen molar-refractivity contribution in [1.82, 2.24) is 5.32 Å². The van der Waals surface area contributed by atoms with E-state index in [-0.39, 0.29) is 11.6 Å². The molecule has 0 amide bonds. The van der Waals surface area contributed by atoms with E-state index in [9.17, 15) is 0 Å². The minimum atomic E-state index is -0.0756. The highest BCUT2D eigenvalue weighted by Gasteiger charge is 2.39. The first-order valence-corrected chi connectivity index (χ1v) is 8.16. The van der Waals surface area contributed by atoms with Crippen LogP contribution in [0.4, 0.5) is 0 Å². The zero-order chi connectivity index (χ0) is 14.4. The van der Waals surface area contributed by atoms with Crippen LogP contribution in [-0.4, -0.2) is 19.3 Å². The van der Waals surface area contributed by atoms with Gasteiger partial charge in [0, 0.05) is 11.6 Å². The molecule has 0 heterocycles. The zero-order valence-corrected chi connectivity index (χ0v) is 13.4. The van der Waals surface area contributed by atoms with Gasteiger partial charge in [-0.05, 0) is 44.5 Å². The molecule has 1 aliphatic rings. The molecule has 1 atom stereocenters. The van der Waals surface area contributed by atoms with Crippen LogP contribution in [0.5, 0.6) is 0 Å². The van der Waals surface area contributed by atoms with Gasteiger partial charge in [-0.3, -0.25) is 0 Å². The average Bonchev–Trinajstić information content (AvgIpc) is 2.69. The molecular weight excluding hydrogens is 270 g/mol. The molecule has 1 aliphatic carbocycles. The van der Waals surface area contributed by atoms with Gasteiger partial charge < -0.3 is 10.1 Å². The van der Waals surface area contributed by atoms with E-state index in [0.717, 1.165) is 24.5 Å². The van der Waals surface area contributed by atoms with Crippen LogP contribution in [0.1, 0.15) is 57.1 Å². The number of likely N-dealkylation sites (N-methyl/N-ethyl adjacent to an activating group) is 1. The molecule has 20 heavy (non-hydrogen) atoms. The molecule has 0 radical (unpaired) electrons. The Morgan fingerprint density at radius 3 is 2.25 bits per heavy atom. The standard InChI is InChI=1S/C17H26ClNO/c1-3-20-17(12-6-4-5-7-13-17)16(19-2)14-8-10-15(18)11-9-14/h8-11,16,19H,3-7,12-13H2,1-2H3. The Bertz CT molecular complexity index is 396. The summed E-state index contributed by atoms with van der Waals surface area (Å²) in [5, 5.41) is 4.28. The maximum absolute atomic E-state index is 6.29. The second kappa shape index (κ2) is 7.44. The number of halogens is 1. The third kappa shape index (κ3) is 3.55. The fourth-order valence-corrected chi connectivity index (χ4v) is 3.65. The minimum Gasteiger partial charge on any atom is -0.373 e. The Morgan fingerprint density at radius 2 is 1.75 bits per heavy atom. The lowest BCUT2D eigenvalue weighted by atomic mass is 9.82. The summed E-state index contributed by atoms with van der Waals surface area (Å²) in [6.45, 7) is 2.87. The minimum absolute atomic E-state index is 0.0756. The Kier molecular flexibility index (Phi) is 5.88. The van der Waals surface area contributed by atoms with Gasteiger partial charge in [0.25, 0.3) is 0 Å². The number of ether oxygens (including phenoxy) is 1. The van der Waals surface area contributed by atoms with Gasteiger partial charge in [0.05, 0.1) is 11.6 Å². The van der Waals surface area contributed by atoms with E-state index in [1.54, 1.807) is 0 Å². The first kappa shape index (κ1) is 15.8. The van der Waals surface area contributed by atoms with Crippen molar-refractivity contribution in [2.45, 2.75) is 57.1 Å². The average molecular weight is 296 g/mol. The van der Waals surface area contributed by atoms with Gasteiger partial charge in [-0.1, -0.05) is 49.4 Å². The van der Waals surface area contributed by atoms with Crippen molar-refractivity contribution in [3.63, 3.8) is 0 Å². The fraction of sp³-hybridized carbons (Fsp3) is 0.647. The van der Waals surface area contributed by atoms with Gasteiger partial charge in [0.15, 0.2) is 0 Å². The highest BCUT2D eigenvalue weighted by molar-refractivity contribution is 6.30. The van der Waals surface area contributed by atoms with Gasteiger partial charge in [-0.2, -0.15) is 0 Å². The number of hydrogen-bond donors (Lipinski definition) is 1. The first-order valence-electron chi connectivity index (χ1n) is 7.78. The monoisotopic (exact) mass is 295 g/mol. The molecule has 0 aliphatic heterocycles. The molecule has 1 saturated carbocycles. The Balaban J connectivity index is 2.30. The van der Waals surface area contributed by atoms with Crippen LogP contribution in [0.3, 0.4) is 0 Å². The second-order valence-electron chi connectivity index (χ2n) is 5.69. The quantitative estimate of drug-likeness (QED) is 0.793. The largest absolute Gasteiger partial charge is 0.373 e. The van der Waals surface area contributed by atoms with Crippen LogP contribution in [0.2, 0.25) is 5.02 Å². The summed E-state index contributed by atoms with van der Waals surface area (Å²) in [7, 11) is 2.03. The van der Waals surface area contributed by atoms with Crippen LogP contribution >= 0.6 is 11.6 Å². The maximum Gasteiger partial charge on any atom is 0.0876 e. The van der Waals surface area contributed by atoms with E-state index in [0.29, 0.717) is 0 Å². The van der Waals surface area contributed by atoms with Crippen molar-refractivity contribution in [3.8, 4) is 0 Å². The van der Waals surface area contributed by atoms with Gasteiger partial charge >= 0.3 is 0 Å². The summed E-state index contributed by atoms with van der Waals surface area (Å²) < 4.78 is 6.29. The van der Waals surface area contributed by atoms with E-state index in [2.05, 4.69) is 24.4 Å². The van der Waals surface area contributed by atoms with E-state index in [4.69, 9.17) is 16.3 Å². The number of nitrogens with one attached hydrogen (secondary N) is 1. The van der Waals surface area contributed by atoms with E-state index >= 15 is 0 Å². The smallest absolute Gasteiger partial charge is 0.0876 e. The summed E-state index contributed by atoms with van der Waals surface area (Å²) in [5.41, 5.74) is 1.20. The van der Waals surface area contributed by atoms with E-state index < -0.39 is 0 Å². The van der Waals surface area contributed by atoms with Crippen molar-refractivity contribution in [3.05, 3.63) is 34.9 Å². The SMILES string of the molecule is CCOC1(C(NC)c2ccc(Cl)cc2)CCCCCC1. The van der Waals surface area contributed by atoms with Crippen molar-refractivity contribution >= 4 is 11.6 Å². The Hall–Kier alpha value is -0.570. The Labute approximate surface area is 127 Å². The lowest BCUT2D eigenvalue weighted by molar-refractivity contribution is -0.0766. The molecule has 1 aromatic rings. The number of hydrogen-bond acceptors (Lipinski definition) is 2. The lowest BCUT2D eigenvalue weighted by Crippen LogP contribution is -2.45. The zero-order valence-electron chi connectivity index (χ0n) is 12.6. The lowest BCUT2D eigenvalue weighted by Gasteiger charge is -2.40. The second-order valence-corrected chi connectivity index (χ2v) is 6.12. The molecule has 1 aromatic carbocycles. The Morgan fingerprint density at radius 1 is 1.15 bits per heavy atom. The molecule has 3 heteroatoms. The predicted molar refractivity (Wildman–Crippen MR) is 85.3 cm³/mol. The predicted octanol–water partition coefficient (Wildman–Crippen LogP) is 4.73. The summed E-state index contributed by atoms with van der Waals surface area (Å²) in [5.74, 6) is 0. The molecule has 0 bridgehead atoms. The van der Waals surface area contributed by atoms with Crippen molar-refractivity contribution in [2.24, 2.45) is 0 Å². The van der Waals surface area contributed by atoms with E-state index in [1.165, 1.54) is 31.2 Å². The van der Waals surface area contributed by atoms with Gasteiger partial charge in [0.1, 0.15) is 0 Å². The summed E-state index contributed by atoms with van der Waals surface area (Å²) >= 11 is 6.02. The highest BCUT2D eigenvalue weighted by Crippen LogP contribution is 2.40. The molecule has 1 fully saturated rings. The molecule has 112 valence electrons. The fourth-order valence-electron chi connectivity index (χ4n) is 3.52. The van der Waals surface area contributed by atoms with Crippen molar-refractivity contribution < 1.29 is 4.74 Å². The van der Waals surface area contributed by atoms with Gasteiger partial charge in [-0.25, -0.2) is 0 Å². The molecular formula is C17H26ClNO. The van der Waals surface area contributed by atoms with Crippen LogP contribution in [0, 0.1) is 0 Å². The number of rotatable bonds is 5. The van der Waals surface area contributed by atoms with Crippen molar-refractivity contribution in [1.29, 1.82) is 0 Å². The van der Waals surface area contributed by atoms with Crippen LogP contribution in [0.25, 0.3) is 0 Å². The molecule has 0 spiro atoms. The normalized spacial score (nSPS) is 20.4. The molecule has 1 N–H and O–H groups in total. The third-order valence-electron chi connectivity index (χ3n) is 4.40. The summed E-state index contributed by atoms with van der Waals surface area (Å²) in [6, 6.07) is 8.41. The molecule has 0 aromatic heterocycles. The first-order chi connectivity index (χ1) is 9.72. The molecule has 2 nitrogen and oxygen atoms in total.